The van der Waals surface area contributed by atoms with Crippen LogP contribution < -0.4 is 0 Å². The minimum absolute atomic E-state index is 0.231. The van der Waals surface area contributed by atoms with Gasteiger partial charge in [0.05, 0.1) is 33.0 Å². The number of hydrogen-bond acceptors (Lipinski definition) is 4. The number of carboxylic acid groups (broad SMARTS) is 1. The second-order valence-corrected chi connectivity index (χ2v) is 5.92. The maximum absolute atomic E-state index is 11.3. The Labute approximate surface area is 134 Å². The van der Waals surface area contributed by atoms with Crippen molar-refractivity contribution in [1.29, 1.82) is 0 Å². The van der Waals surface area contributed by atoms with Gasteiger partial charge in [0.1, 0.15) is 11.0 Å². The Kier molecular flexibility index (Phi) is 3.39. The van der Waals surface area contributed by atoms with Crippen LogP contribution >= 0.6 is 34.9 Å². The average molecular weight is 342 g/mol. The van der Waals surface area contributed by atoms with E-state index in [1.807, 2.05) is 6.92 Å². The van der Waals surface area contributed by atoms with Crippen molar-refractivity contribution >= 4 is 51.9 Å². The fourth-order valence-electron chi connectivity index (χ4n) is 2.40. The zero-order chi connectivity index (χ0) is 15.3. The molecule has 2 heterocycles. The van der Waals surface area contributed by atoms with E-state index in [1.165, 1.54) is 0 Å². The summed E-state index contributed by atoms with van der Waals surface area (Å²) in [6.45, 7) is 3.54. The van der Waals surface area contributed by atoms with Crippen molar-refractivity contribution in [3.05, 3.63) is 39.1 Å². The van der Waals surface area contributed by atoms with Crippen molar-refractivity contribution in [2.75, 3.05) is 0 Å². The molecule has 2 aromatic heterocycles. The Balaban J connectivity index is 2.41. The van der Waals surface area contributed by atoms with E-state index in [4.69, 9.17) is 23.2 Å². The van der Waals surface area contributed by atoms with Crippen molar-refractivity contribution in [3.8, 4) is 5.69 Å². The molecule has 5 nitrogen and oxygen atoms in total. The van der Waals surface area contributed by atoms with E-state index in [2.05, 4.69) is 8.75 Å². The highest BCUT2D eigenvalue weighted by atomic mass is 35.5. The van der Waals surface area contributed by atoms with Crippen molar-refractivity contribution < 1.29 is 9.90 Å². The molecule has 0 aliphatic heterocycles. The number of carboxylic acids is 1. The van der Waals surface area contributed by atoms with Crippen molar-refractivity contribution in [1.82, 2.24) is 13.3 Å². The molecule has 0 unspecified atom stereocenters. The lowest BCUT2D eigenvalue weighted by molar-refractivity contribution is 0.0696. The first-order chi connectivity index (χ1) is 9.91. The van der Waals surface area contributed by atoms with Crippen molar-refractivity contribution in [2.24, 2.45) is 0 Å². The molecule has 21 heavy (non-hydrogen) atoms. The van der Waals surface area contributed by atoms with Crippen LogP contribution in [0.2, 0.25) is 10.0 Å². The molecular weight excluding hydrogens is 333 g/mol. The highest BCUT2D eigenvalue weighted by molar-refractivity contribution is 7.00. The molecule has 0 fully saturated rings. The summed E-state index contributed by atoms with van der Waals surface area (Å²) in [6, 6.07) is 3.20. The molecule has 3 rings (SSSR count). The minimum Gasteiger partial charge on any atom is -0.478 e. The molecule has 0 bridgehead atoms. The van der Waals surface area contributed by atoms with Gasteiger partial charge in [0.2, 0.25) is 0 Å². The third-order valence-corrected chi connectivity index (χ3v) is 4.41. The number of hydrogen-bond donors (Lipinski definition) is 1. The van der Waals surface area contributed by atoms with Crippen LogP contribution in [-0.2, 0) is 0 Å². The SMILES string of the molecule is Cc1cc(C(=O)O)c(C)n1-c1c(Cl)cc(Cl)c2nsnc12. The smallest absolute Gasteiger partial charge is 0.337 e. The molecule has 0 atom stereocenters. The van der Waals surface area contributed by atoms with Crippen molar-refractivity contribution in [2.45, 2.75) is 13.8 Å². The molecule has 1 aromatic carbocycles. The molecule has 0 amide bonds. The van der Waals surface area contributed by atoms with Crippen LogP contribution in [0.1, 0.15) is 21.7 Å². The van der Waals surface area contributed by atoms with E-state index < -0.39 is 5.97 Å². The van der Waals surface area contributed by atoms with Crippen LogP contribution in [0.3, 0.4) is 0 Å². The van der Waals surface area contributed by atoms with Gasteiger partial charge in [-0.05, 0) is 26.0 Å². The molecule has 0 aliphatic rings. The van der Waals surface area contributed by atoms with Gasteiger partial charge in [-0.25, -0.2) is 4.79 Å². The lowest BCUT2D eigenvalue weighted by Crippen LogP contribution is -2.04. The number of halogens is 2. The van der Waals surface area contributed by atoms with Gasteiger partial charge in [-0.15, -0.1) is 0 Å². The monoisotopic (exact) mass is 341 g/mol. The molecular formula is C13H9Cl2N3O2S. The molecule has 0 saturated carbocycles. The van der Waals surface area contributed by atoms with Gasteiger partial charge >= 0.3 is 5.97 Å². The number of aryl methyl sites for hydroxylation is 1. The molecule has 0 saturated heterocycles. The first kappa shape index (κ1) is 14.3. The Morgan fingerprint density at radius 1 is 1.19 bits per heavy atom. The second-order valence-electron chi connectivity index (χ2n) is 4.58. The number of benzene rings is 1. The summed E-state index contributed by atoms with van der Waals surface area (Å²) < 4.78 is 10.2. The number of nitrogens with zero attached hydrogens (tertiary/aromatic N) is 3. The van der Waals surface area contributed by atoms with Crippen LogP contribution in [0.5, 0.6) is 0 Å². The fourth-order valence-corrected chi connectivity index (χ4v) is 3.59. The van der Waals surface area contributed by atoms with Crippen LogP contribution in [-0.4, -0.2) is 24.4 Å². The van der Waals surface area contributed by atoms with E-state index in [9.17, 15) is 9.90 Å². The maximum Gasteiger partial charge on any atom is 0.337 e. The largest absolute Gasteiger partial charge is 0.478 e. The molecule has 0 radical (unpaired) electrons. The predicted octanol–water partition coefficient (Wildman–Crippen LogP) is 4.10. The van der Waals surface area contributed by atoms with Gasteiger partial charge in [-0.3, -0.25) is 0 Å². The third-order valence-electron chi connectivity index (χ3n) is 3.30. The summed E-state index contributed by atoms with van der Waals surface area (Å²) >= 11 is 13.5. The summed E-state index contributed by atoms with van der Waals surface area (Å²) in [5.41, 5.74) is 3.30. The predicted molar refractivity (Wildman–Crippen MR) is 83.2 cm³/mol. The summed E-state index contributed by atoms with van der Waals surface area (Å²) in [5, 5.41) is 10.1. The van der Waals surface area contributed by atoms with Crippen LogP contribution in [0, 0.1) is 13.8 Å². The minimum atomic E-state index is -0.980. The van der Waals surface area contributed by atoms with Gasteiger partial charge < -0.3 is 9.67 Å². The number of aromatic nitrogens is 3. The van der Waals surface area contributed by atoms with Crippen molar-refractivity contribution in [3.63, 3.8) is 0 Å². The van der Waals surface area contributed by atoms with Gasteiger partial charge in [-0.1, -0.05) is 23.2 Å². The van der Waals surface area contributed by atoms with Crippen LogP contribution in [0.4, 0.5) is 0 Å². The molecule has 0 spiro atoms. The van der Waals surface area contributed by atoms with Gasteiger partial charge in [0.15, 0.2) is 0 Å². The number of fused-ring (bicyclic) bond motifs is 1. The van der Waals surface area contributed by atoms with Crippen LogP contribution in [0.15, 0.2) is 12.1 Å². The third kappa shape index (κ3) is 2.10. The Morgan fingerprint density at radius 3 is 2.48 bits per heavy atom. The molecule has 1 N–H and O–H groups in total. The second kappa shape index (κ2) is 4.98. The van der Waals surface area contributed by atoms with E-state index in [0.717, 1.165) is 17.4 Å². The summed E-state index contributed by atoms with van der Waals surface area (Å²) in [6.07, 6.45) is 0. The lowest BCUT2D eigenvalue weighted by atomic mass is 10.2. The highest BCUT2D eigenvalue weighted by Gasteiger charge is 2.21. The van der Waals surface area contributed by atoms with E-state index in [1.54, 1.807) is 23.6 Å². The molecule has 8 heteroatoms. The van der Waals surface area contributed by atoms with Gasteiger partial charge in [-0.2, -0.15) is 8.75 Å². The zero-order valence-corrected chi connectivity index (χ0v) is 13.3. The quantitative estimate of drug-likeness (QED) is 0.761. The summed E-state index contributed by atoms with van der Waals surface area (Å²) in [7, 11) is 0. The van der Waals surface area contributed by atoms with E-state index in [-0.39, 0.29) is 5.56 Å². The van der Waals surface area contributed by atoms with E-state index >= 15 is 0 Å². The van der Waals surface area contributed by atoms with Gasteiger partial charge in [0.25, 0.3) is 0 Å². The van der Waals surface area contributed by atoms with Crippen LogP contribution in [0.25, 0.3) is 16.7 Å². The first-order valence-corrected chi connectivity index (χ1v) is 7.43. The molecule has 108 valence electrons. The maximum atomic E-state index is 11.3. The first-order valence-electron chi connectivity index (χ1n) is 5.94. The normalized spacial score (nSPS) is 11.2. The number of aromatic carboxylic acids is 1. The Bertz CT molecular complexity index is 885. The summed E-state index contributed by atoms with van der Waals surface area (Å²) in [4.78, 5) is 11.3. The number of rotatable bonds is 2. The fraction of sp³-hybridized carbons (Fsp3) is 0.154. The Morgan fingerprint density at radius 2 is 1.86 bits per heavy atom. The summed E-state index contributed by atoms with van der Waals surface area (Å²) in [5.74, 6) is -0.980. The van der Waals surface area contributed by atoms with Gasteiger partial charge in [0, 0.05) is 11.4 Å². The van der Waals surface area contributed by atoms with E-state index in [0.29, 0.717) is 32.5 Å². The Hall–Kier alpha value is -1.63. The highest BCUT2D eigenvalue weighted by Crippen LogP contribution is 2.36. The molecule has 3 aromatic rings. The standard InChI is InChI=1S/C13H9Cl2N3O2S/c1-5-3-7(13(19)20)6(2)18(5)12-9(15)4-8(14)10-11(12)17-21-16-10/h3-4H,1-2H3,(H,19,20). The molecule has 0 aliphatic carbocycles. The lowest BCUT2D eigenvalue weighted by Gasteiger charge is -2.12. The average Bonchev–Trinajstić information content (AvgIpc) is 2.98. The topological polar surface area (TPSA) is 68.0 Å². The number of carbonyl (C=O) groups is 1. The zero-order valence-electron chi connectivity index (χ0n) is 11.0.